The maximum atomic E-state index is 12.9. The highest BCUT2D eigenvalue weighted by atomic mass is 16.5. The summed E-state index contributed by atoms with van der Waals surface area (Å²) in [7, 11) is 3.21. The van der Waals surface area contributed by atoms with E-state index in [4.69, 9.17) is 14.2 Å². The molecule has 0 aliphatic heterocycles. The molecule has 0 aromatic heterocycles. The molecular formula is C23H31NO4. The second-order valence-corrected chi connectivity index (χ2v) is 6.80. The minimum atomic E-state index is -0.547. The van der Waals surface area contributed by atoms with E-state index in [9.17, 15) is 4.79 Å². The Morgan fingerprint density at radius 1 is 0.964 bits per heavy atom. The number of benzene rings is 2. The van der Waals surface area contributed by atoms with Gasteiger partial charge in [-0.25, -0.2) is 0 Å². The van der Waals surface area contributed by atoms with Crippen LogP contribution in [0.1, 0.15) is 49.4 Å². The monoisotopic (exact) mass is 385 g/mol. The highest BCUT2D eigenvalue weighted by Gasteiger charge is 2.23. The van der Waals surface area contributed by atoms with E-state index in [0.29, 0.717) is 17.9 Å². The molecular weight excluding hydrogens is 354 g/mol. The molecule has 0 radical (unpaired) electrons. The van der Waals surface area contributed by atoms with Gasteiger partial charge in [0.05, 0.1) is 20.3 Å². The van der Waals surface area contributed by atoms with Crippen LogP contribution in [0.3, 0.4) is 0 Å². The third-order valence-corrected chi connectivity index (χ3v) is 5.02. The summed E-state index contributed by atoms with van der Waals surface area (Å²) in [5, 5.41) is 3.12. The number of carbonyl (C=O) groups excluding carboxylic acids is 1. The number of rotatable bonds is 9. The number of carbonyl (C=O) groups is 1. The quantitative estimate of drug-likeness (QED) is 0.677. The van der Waals surface area contributed by atoms with E-state index >= 15 is 0 Å². The number of nitrogens with one attached hydrogen (secondary N) is 1. The first-order valence-electron chi connectivity index (χ1n) is 9.70. The second-order valence-electron chi connectivity index (χ2n) is 6.80. The number of aryl methyl sites for hydroxylation is 1. The van der Waals surface area contributed by atoms with Crippen molar-refractivity contribution in [3.63, 3.8) is 0 Å². The maximum absolute atomic E-state index is 12.9. The Labute approximate surface area is 168 Å². The van der Waals surface area contributed by atoms with Gasteiger partial charge in [-0.1, -0.05) is 32.0 Å². The first-order chi connectivity index (χ1) is 13.4. The molecule has 0 saturated carbocycles. The minimum absolute atomic E-state index is 0.120. The number of hydrogen-bond donors (Lipinski definition) is 1. The van der Waals surface area contributed by atoms with Gasteiger partial charge < -0.3 is 19.5 Å². The normalized spacial score (nSPS) is 12.8. The third kappa shape index (κ3) is 4.97. The smallest absolute Gasteiger partial charge is 0.261 e. The molecule has 2 aromatic carbocycles. The van der Waals surface area contributed by atoms with Crippen molar-refractivity contribution in [2.45, 2.75) is 52.7 Å². The van der Waals surface area contributed by atoms with Crippen molar-refractivity contribution >= 4 is 5.91 Å². The first kappa shape index (κ1) is 21.6. The molecule has 0 unspecified atom stereocenters. The van der Waals surface area contributed by atoms with Gasteiger partial charge in [-0.3, -0.25) is 4.79 Å². The summed E-state index contributed by atoms with van der Waals surface area (Å²) in [5.74, 6) is 1.94. The van der Waals surface area contributed by atoms with Crippen molar-refractivity contribution in [3.05, 3.63) is 53.1 Å². The van der Waals surface area contributed by atoms with Gasteiger partial charge in [0.25, 0.3) is 5.91 Å². The fraction of sp³-hybridized carbons (Fsp3) is 0.435. The topological polar surface area (TPSA) is 56.8 Å². The van der Waals surface area contributed by atoms with Crippen LogP contribution < -0.4 is 19.5 Å². The Morgan fingerprint density at radius 2 is 1.68 bits per heavy atom. The van der Waals surface area contributed by atoms with E-state index in [1.165, 1.54) is 0 Å². The van der Waals surface area contributed by atoms with Gasteiger partial charge in [-0.05, 0) is 61.6 Å². The highest BCUT2D eigenvalue weighted by Crippen LogP contribution is 2.31. The molecule has 0 spiro atoms. The van der Waals surface area contributed by atoms with E-state index in [2.05, 4.69) is 5.32 Å². The summed E-state index contributed by atoms with van der Waals surface area (Å²) in [6.07, 6.45) is 0.789. The van der Waals surface area contributed by atoms with E-state index in [1.807, 2.05) is 64.1 Å². The lowest BCUT2D eigenvalue weighted by Crippen LogP contribution is -2.40. The molecule has 0 aliphatic carbocycles. The lowest BCUT2D eigenvalue weighted by atomic mass is 10.0. The third-order valence-electron chi connectivity index (χ3n) is 5.02. The molecule has 2 atom stereocenters. The molecule has 0 saturated heterocycles. The summed E-state index contributed by atoms with van der Waals surface area (Å²) in [4.78, 5) is 12.9. The lowest BCUT2D eigenvalue weighted by molar-refractivity contribution is -0.129. The number of methoxy groups -OCH3 is 2. The molecule has 5 heteroatoms. The van der Waals surface area contributed by atoms with Crippen LogP contribution in [0.15, 0.2) is 36.4 Å². The lowest BCUT2D eigenvalue weighted by Gasteiger charge is -2.24. The number of hydrogen-bond acceptors (Lipinski definition) is 4. The summed E-state index contributed by atoms with van der Waals surface area (Å²) >= 11 is 0. The summed E-state index contributed by atoms with van der Waals surface area (Å²) < 4.78 is 16.7. The molecule has 5 nitrogen and oxygen atoms in total. The van der Waals surface area contributed by atoms with E-state index in [0.717, 1.165) is 28.9 Å². The van der Waals surface area contributed by atoms with Gasteiger partial charge in [0.15, 0.2) is 17.6 Å². The van der Waals surface area contributed by atoms with E-state index in [1.54, 1.807) is 14.2 Å². The molecule has 1 amide bonds. The molecule has 0 bridgehead atoms. The van der Waals surface area contributed by atoms with E-state index < -0.39 is 6.10 Å². The first-order valence-corrected chi connectivity index (χ1v) is 9.70. The van der Waals surface area contributed by atoms with Gasteiger partial charge >= 0.3 is 0 Å². The molecule has 28 heavy (non-hydrogen) atoms. The Hall–Kier alpha value is -2.69. The molecule has 152 valence electrons. The van der Waals surface area contributed by atoms with Crippen LogP contribution in [0, 0.1) is 13.8 Å². The zero-order chi connectivity index (χ0) is 20.7. The van der Waals surface area contributed by atoms with Crippen molar-refractivity contribution in [1.82, 2.24) is 5.32 Å². The largest absolute Gasteiger partial charge is 0.493 e. The van der Waals surface area contributed by atoms with Crippen LogP contribution in [0.5, 0.6) is 17.2 Å². The average Bonchev–Trinajstić information content (AvgIpc) is 2.72. The van der Waals surface area contributed by atoms with Crippen LogP contribution in [-0.4, -0.2) is 26.2 Å². The van der Waals surface area contributed by atoms with Crippen LogP contribution in [-0.2, 0) is 4.79 Å². The second kappa shape index (κ2) is 10.0. The summed E-state index contributed by atoms with van der Waals surface area (Å²) in [5.41, 5.74) is 3.17. The Balaban J connectivity index is 2.16. The van der Waals surface area contributed by atoms with Gasteiger partial charge in [0.2, 0.25) is 0 Å². The van der Waals surface area contributed by atoms with Crippen molar-refractivity contribution in [3.8, 4) is 17.2 Å². The zero-order valence-corrected chi connectivity index (χ0v) is 17.7. The summed E-state index contributed by atoms with van der Waals surface area (Å²) in [6, 6.07) is 11.5. The van der Waals surface area contributed by atoms with Crippen molar-refractivity contribution < 1.29 is 19.0 Å². The fourth-order valence-electron chi connectivity index (χ4n) is 3.08. The average molecular weight is 386 g/mol. The molecule has 2 aromatic rings. The van der Waals surface area contributed by atoms with Crippen LogP contribution in [0.2, 0.25) is 0 Å². The zero-order valence-electron chi connectivity index (χ0n) is 17.7. The Morgan fingerprint density at radius 3 is 2.29 bits per heavy atom. The summed E-state index contributed by atoms with van der Waals surface area (Å²) in [6.45, 7) is 8.03. The van der Waals surface area contributed by atoms with Gasteiger partial charge in [0.1, 0.15) is 5.75 Å². The van der Waals surface area contributed by atoms with Crippen molar-refractivity contribution in [1.29, 1.82) is 0 Å². The van der Waals surface area contributed by atoms with E-state index in [-0.39, 0.29) is 11.9 Å². The molecule has 0 fully saturated rings. The van der Waals surface area contributed by atoms with Crippen LogP contribution in [0.4, 0.5) is 0 Å². The van der Waals surface area contributed by atoms with Crippen LogP contribution >= 0.6 is 0 Å². The fourth-order valence-corrected chi connectivity index (χ4v) is 3.08. The molecule has 1 N–H and O–H groups in total. The molecule has 0 heterocycles. The molecule has 0 aliphatic rings. The standard InChI is InChI=1S/C23H31NO4/c1-7-18(17-12-13-21(26-5)22(14-17)27-6)24-23(25)19(8-2)28-20-11-9-10-15(3)16(20)4/h9-14,18-19H,7-8H2,1-6H3,(H,24,25)/t18-,19+/m0/s1. The SMILES string of the molecule is CC[C@H](NC(=O)[C@@H](CC)Oc1cccc(C)c1C)c1ccc(OC)c(OC)c1. The highest BCUT2D eigenvalue weighted by molar-refractivity contribution is 5.81. The predicted molar refractivity (Wildman–Crippen MR) is 111 cm³/mol. The van der Waals surface area contributed by atoms with Gasteiger partial charge in [-0.2, -0.15) is 0 Å². The van der Waals surface area contributed by atoms with Gasteiger partial charge in [-0.15, -0.1) is 0 Å². The Bertz CT molecular complexity index is 803. The van der Waals surface area contributed by atoms with Crippen molar-refractivity contribution in [2.75, 3.05) is 14.2 Å². The molecule has 2 rings (SSSR count). The maximum Gasteiger partial charge on any atom is 0.261 e. The minimum Gasteiger partial charge on any atom is -0.493 e. The predicted octanol–water partition coefficient (Wildman–Crippen LogP) is 4.75. The van der Waals surface area contributed by atoms with Crippen LogP contribution in [0.25, 0.3) is 0 Å². The number of ether oxygens (including phenoxy) is 3. The number of amides is 1. The Kier molecular flexibility index (Phi) is 7.73. The van der Waals surface area contributed by atoms with Crippen molar-refractivity contribution in [2.24, 2.45) is 0 Å². The van der Waals surface area contributed by atoms with Gasteiger partial charge in [0, 0.05) is 0 Å².